The highest BCUT2D eigenvalue weighted by Gasteiger charge is 1.98. The highest BCUT2D eigenvalue weighted by Crippen LogP contribution is 2.03. The van der Waals surface area contributed by atoms with E-state index in [1.807, 2.05) is 29.9 Å². The second-order valence-electron chi connectivity index (χ2n) is 4.01. The maximum atomic E-state index is 12.7. The molecule has 0 saturated carbocycles. The van der Waals surface area contributed by atoms with Crippen LogP contribution in [0.1, 0.15) is 11.4 Å². The van der Waals surface area contributed by atoms with Crippen LogP contribution in [0.3, 0.4) is 0 Å². The first kappa shape index (κ1) is 11.8. The van der Waals surface area contributed by atoms with E-state index in [1.54, 1.807) is 6.20 Å². The predicted octanol–water partition coefficient (Wildman–Crippen LogP) is 1.89. The maximum Gasteiger partial charge on any atom is 0.123 e. The van der Waals surface area contributed by atoms with Gasteiger partial charge in [0.15, 0.2) is 0 Å². The monoisotopic (exact) mass is 233 g/mol. The van der Waals surface area contributed by atoms with Crippen LogP contribution in [-0.4, -0.2) is 16.1 Å². The minimum Gasteiger partial charge on any atom is -0.337 e. The van der Waals surface area contributed by atoms with Gasteiger partial charge in [0.1, 0.15) is 11.6 Å². The molecule has 0 bridgehead atoms. The molecule has 1 heterocycles. The molecule has 0 spiro atoms. The van der Waals surface area contributed by atoms with Gasteiger partial charge in [0, 0.05) is 19.4 Å². The van der Waals surface area contributed by atoms with E-state index < -0.39 is 0 Å². The molecule has 1 N–H and O–H groups in total. The standard InChI is InChI=1S/C13H16FN3/c1-17-9-8-16-13(17)10-15-7-6-11-2-4-12(14)5-3-11/h2-5,8-9,15H,6-7,10H2,1H3. The molecule has 0 atom stereocenters. The molecule has 0 aliphatic rings. The molecule has 90 valence electrons. The Kier molecular flexibility index (Phi) is 3.88. The Hall–Kier alpha value is -1.68. The van der Waals surface area contributed by atoms with Crippen molar-refractivity contribution in [1.29, 1.82) is 0 Å². The lowest BCUT2D eigenvalue weighted by molar-refractivity contribution is 0.623. The van der Waals surface area contributed by atoms with E-state index in [0.717, 1.165) is 30.9 Å². The van der Waals surface area contributed by atoms with Gasteiger partial charge in [-0.3, -0.25) is 0 Å². The predicted molar refractivity (Wildman–Crippen MR) is 65.0 cm³/mol. The van der Waals surface area contributed by atoms with E-state index in [9.17, 15) is 4.39 Å². The maximum absolute atomic E-state index is 12.7. The van der Waals surface area contributed by atoms with Crippen LogP contribution < -0.4 is 5.32 Å². The largest absolute Gasteiger partial charge is 0.337 e. The van der Waals surface area contributed by atoms with Gasteiger partial charge >= 0.3 is 0 Å². The third-order valence-corrected chi connectivity index (χ3v) is 2.71. The van der Waals surface area contributed by atoms with Gasteiger partial charge in [-0.2, -0.15) is 0 Å². The van der Waals surface area contributed by atoms with Crippen LogP contribution in [-0.2, 0) is 20.0 Å². The van der Waals surface area contributed by atoms with Crippen molar-refractivity contribution in [2.24, 2.45) is 7.05 Å². The van der Waals surface area contributed by atoms with Crippen molar-refractivity contribution in [2.75, 3.05) is 6.54 Å². The number of halogens is 1. The zero-order valence-electron chi connectivity index (χ0n) is 9.86. The van der Waals surface area contributed by atoms with Gasteiger partial charge in [0.05, 0.1) is 6.54 Å². The molecule has 0 saturated heterocycles. The molecule has 4 heteroatoms. The van der Waals surface area contributed by atoms with Crippen LogP contribution in [0.25, 0.3) is 0 Å². The lowest BCUT2D eigenvalue weighted by atomic mass is 10.1. The van der Waals surface area contributed by atoms with Crippen molar-refractivity contribution >= 4 is 0 Å². The summed E-state index contributed by atoms with van der Waals surface area (Å²) in [4.78, 5) is 4.22. The highest BCUT2D eigenvalue weighted by molar-refractivity contribution is 5.16. The van der Waals surface area contributed by atoms with E-state index in [-0.39, 0.29) is 5.82 Å². The van der Waals surface area contributed by atoms with Gasteiger partial charge in [-0.1, -0.05) is 12.1 Å². The fourth-order valence-electron chi connectivity index (χ4n) is 1.65. The van der Waals surface area contributed by atoms with Crippen molar-refractivity contribution in [3.63, 3.8) is 0 Å². The van der Waals surface area contributed by atoms with E-state index >= 15 is 0 Å². The fraction of sp³-hybridized carbons (Fsp3) is 0.308. The van der Waals surface area contributed by atoms with Crippen molar-refractivity contribution in [1.82, 2.24) is 14.9 Å². The second kappa shape index (κ2) is 5.59. The number of hydrogen-bond donors (Lipinski definition) is 1. The molecule has 0 aliphatic heterocycles. The minimum absolute atomic E-state index is 0.185. The first-order valence-electron chi connectivity index (χ1n) is 5.67. The number of nitrogens with zero attached hydrogens (tertiary/aromatic N) is 2. The summed E-state index contributed by atoms with van der Waals surface area (Å²) in [5.41, 5.74) is 1.14. The SMILES string of the molecule is Cn1ccnc1CNCCc1ccc(F)cc1. The van der Waals surface area contributed by atoms with E-state index in [0.29, 0.717) is 0 Å². The molecule has 17 heavy (non-hydrogen) atoms. The van der Waals surface area contributed by atoms with Gasteiger partial charge in [-0.05, 0) is 30.7 Å². The average Bonchev–Trinajstić information content (AvgIpc) is 2.73. The molecule has 1 aromatic carbocycles. The Labute approximate surface area is 100 Å². The van der Waals surface area contributed by atoms with Gasteiger partial charge in [-0.25, -0.2) is 9.37 Å². The number of benzene rings is 1. The molecule has 0 radical (unpaired) electrons. The van der Waals surface area contributed by atoms with E-state index in [1.165, 1.54) is 12.1 Å². The van der Waals surface area contributed by atoms with Crippen LogP contribution in [0.15, 0.2) is 36.7 Å². The van der Waals surface area contributed by atoms with E-state index in [2.05, 4.69) is 10.3 Å². The average molecular weight is 233 g/mol. The third-order valence-electron chi connectivity index (χ3n) is 2.71. The Bertz CT molecular complexity index is 462. The Morgan fingerprint density at radius 3 is 2.71 bits per heavy atom. The van der Waals surface area contributed by atoms with Gasteiger partial charge in [0.25, 0.3) is 0 Å². The summed E-state index contributed by atoms with van der Waals surface area (Å²) in [6.45, 7) is 1.61. The first-order valence-corrected chi connectivity index (χ1v) is 5.67. The molecule has 0 aliphatic carbocycles. The Morgan fingerprint density at radius 2 is 2.06 bits per heavy atom. The normalized spacial score (nSPS) is 10.7. The Balaban J connectivity index is 1.73. The van der Waals surface area contributed by atoms with Crippen molar-refractivity contribution in [3.05, 3.63) is 53.9 Å². The molecular weight excluding hydrogens is 217 g/mol. The molecule has 3 nitrogen and oxygen atoms in total. The summed E-state index contributed by atoms with van der Waals surface area (Å²) in [6.07, 6.45) is 4.61. The quantitative estimate of drug-likeness (QED) is 0.799. The number of hydrogen-bond acceptors (Lipinski definition) is 2. The summed E-state index contributed by atoms with van der Waals surface area (Å²) in [5.74, 6) is 0.832. The lowest BCUT2D eigenvalue weighted by Gasteiger charge is -2.05. The third kappa shape index (κ3) is 3.39. The number of rotatable bonds is 5. The summed E-state index contributed by atoms with van der Waals surface area (Å²) in [5, 5.41) is 3.31. The minimum atomic E-state index is -0.185. The topological polar surface area (TPSA) is 29.9 Å². The van der Waals surface area contributed by atoms with Crippen molar-refractivity contribution in [3.8, 4) is 0 Å². The molecular formula is C13H16FN3. The number of aromatic nitrogens is 2. The van der Waals surface area contributed by atoms with Crippen LogP contribution in [0.2, 0.25) is 0 Å². The molecule has 1 aromatic heterocycles. The summed E-state index contributed by atoms with van der Waals surface area (Å²) in [6, 6.07) is 6.62. The summed E-state index contributed by atoms with van der Waals surface area (Å²) >= 11 is 0. The smallest absolute Gasteiger partial charge is 0.123 e. The molecule has 2 rings (SSSR count). The zero-order chi connectivity index (χ0) is 12.1. The summed E-state index contributed by atoms with van der Waals surface area (Å²) in [7, 11) is 1.98. The van der Waals surface area contributed by atoms with Crippen molar-refractivity contribution < 1.29 is 4.39 Å². The fourth-order valence-corrected chi connectivity index (χ4v) is 1.65. The molecule has 0 amide bonds. The molecule has 0 fully saturated rings. The molecule has 2 aromatic rings. The Morgan fingerprint density at radius 1 is 1.29 bits per heavy atom. The van der Waals surface area contributed by atoms with Gasteiger partial charge in [-0.15, -0.1) is 0 Å². The van der Waals surface area contributed by atoms with Crippen molar-refractivity contribution in [2.45, 2.75) is 13.0 Å². The zero-order valence-corrected chi connectivity index (χ0v) is 9.86. The molecule has 0 unspecified atom stereocenters. The second-order valence-corrected chi connectivity index (χ2v) is 4.01. The number of nitrogens with one attached hydrogen (secondary N) is 1. The van der Waals surface area contributed by atoms with Crippen LogP contribution >= 0.6 is 0 Å². The van der Waals surface area contributed by atoms with E-state index in [4.69, 9.17) is 0 Å². The number of aryl methyl sites for hydroxylation is 1. The van der Waals surface area contributed by atoms with Gasteiger partial charge in [0.2, 0.25) is 0 Å². The number of imidazole rings is 1. The van der Waals surface area contributed by atoms with Crippen LogP contribution in [0.4, 0.5) is 4.39 Å². The van der Waals surface area contributed by atoms with Crippen LogP contribution in [0.5, 0.6) is 0 Å². The first-order chi connectivity index (χ1) is 8.25. The summed E-state index contributed by atoms with van der Waals surface area (Å²) < 4.78 is 14.7. The van der Waals surface area contributed by atoms with Crippen LogP contribution in [0, 0.1) is 5.82 Å². The highest BCUT2D eigenvalue weighted by atomic mass is 19.1. The lowest BCUT2D eigenvalue weighted by Crippen LogP contribution is -2.18. The van der Waals surface area contributed by atoms with Gasteiger partial charge < -0.3 is 9.88 Å².